The van der Waals surface area contributed by atoms with Crippen molar-refractivity contribution in [1.82, 2.24) is 15.1 Å². The van der Waals surface area contributed by atoms with Crippen LogP contribution in [0.4, 0.5) is 16.1 Å². The van der Waals surface area contributed by atoms with E-state index in [9.17, 15) is 4.39 Å². The number of anilines is 2. The Morgan fingerprint density at radius 1 is 0.882 bits per heavy atom. The molecule has 10 heteroatoms. The van der Waals surface area contributed by atoms with Crippen LogP contribution in [0, 0.1) is 5.82 Å². The first kappa shape index (κ1) is 23.4. The smallest absolute Gasteiger partial charge is 0.233 e. The molecule has 0 N–H and O–H groups in total. The van der Waals surface area contributed by atoms with Gasteiger partial charge in [-0.1, -0.05) is 5.16 Å². The van der Waals surface area contributed by atoms with Gasteiger partial charge in [-0.25, -0.2) is 14.4 Å². The first-order valence-corrected chi connectivity index (χ1v) is 10.6. The zero-order valence-electron chi connectivity index (χ0n) is 19.2. The number of methoxy groups -OCH3 is 2. The fourth-order valence-corrected chi connectivity index (χ4v) is 3.30. The SMILES string of the molecule is COCCOc1cc2ncnc(N(C)c3cc(-c4ccc(F)cc4)no3)c2cc1OCCOC. The summed E-state index contributed by atoms with van der Waals surface area (Å²) >= 11 is 0. The van der Waals surface area contributed by atoms with Gasteiger partial charge in [0.2, 0.25) is 5.88 Å². The second-order valence-corrected chi connectivity index (χ2v) is 7.31. The molecule has 4 rings (SSSR count). The highest BCUT2D eigenvalue weighted by molar-refractivity contribution is 5.93. The Kier molecular flexibility index (Phi) is 7.51. The zero-order chi connectivity index (χ0) is 23.9. The molecule has 9 nitrogen and oxygen atoms in total. The van der Waals surface area contributed by atoms with E-state index in [2.05, 4.69) is 15.1 Å². The number of rotatable bonds is 11. The third-order valence-electron chi connectivity index (χ3n) is 5.06. The number of nitrogens with zero attached hydrogens (tertiary/aromatic N) is 4. The number of hydrogen-bond donors (Lipinski definition) is 0. The molecule has 178 valence electrons. The van der Waals surface area contributed by atoms with Crippen LogP contribution < -0.4 is 14.4 Å². The lowest BCUT2D eigenvalue weighted by Gasteiger charge is -2.18. The standard InChI is InChI=1S/C24H25FN4O5/c1-29(23-14-19(28-34-23)16-4-6-17(25)7-5-16)24-18-12-21(32-10-8-30-2)22(33-11-9-31-3)13-20(18)26-15-27-24/h4-7,12-15H,8-11H2,1-3H3. The van der Waals surface area contributed by atoms with Gasteiger partial charge < -0.3 is 23.5 Å². The second-order valence-electron chi connectivity index (χ2n) is 7.31. The van der Waals surface area contributed by atoms with Gasteiger partial charge in [0.25, 0.3) is 0 Å². The minimum Gasteiger partial charge on any atom is -0.487 e. The van der Waals surface area contributed by atoms with Crippen LogP contribution in [0.2, 0.25) is 0 Å². The molecule has 2 aromatic heterocycles. The Balaban J connectivity index is 1.67. The van der Waals surface area contributed by atoms with Gasteiger partial charge in [0.15, 0.2) is 11.5 Å². The Morgan fingerprint density at radius 3 is 2.24 bits per heavy atom. The Bertz CT molecular complexity index is 1230. The number of ether oxygens (including phenoxy) is 4. The molecule has 0 aliphatic rings. The topological polar surface area (TPSA) is 92.0 Å². The monoisotopic (exact) mass is 468 g/mol. The van der Waals surface area contributed by atoms with Gasteiger partial charge in [-0.3, -0.25) is 4.90 Å². The van der Waals surface area contributed by atoms with Gasteiger partial charge in [-0.15, -0.1) is 0 Å². The zero-order valence-corrected chi connectivity index (χ0v) is 19.2. The molecular formula is C24H25FN4O5. The average molecular weight is 468 g/mol. The van der Waals surface area contributed by atoms with Crippen LogP contribution in [0.15, 0.2) is 53.3 Å². The van der Waals surface area contributed by atoms with Crippen molar-refractivity contribution in [3.63, 3.8) is 0 Å². The largest absolute Gasteiger partial charge is 0.487 e. The van der Waals surface area contributed by atoms with E-state index in [-0.39, 0.29) is 5.82 Å². The van der Waals surface area contributed by atoms with E-state index in [4.69, 9.17) is 23.5 Å². The fraction of sp³-hybridized carbons (Fsp3) is 0.292. The third-order valence-corrected chi connectivity index (χ3v) is 5.06. The van der Waals surface area contributed by atoms with Crippen molar-refractivity contribution < 1.29 is 27.9 Å². The number of fused-ring (bicyclic) bond motifs is 1. The normalized spacial score (nSPS) is 11.1. The quantitative estimate of drug-likeness (QED) is 0.300. The molecule has 0 amide bonds. The van der Waals surface area contributed by atoms with Crippen molar-refractivity contribution in [2.24, 2.45) is 0 Å². The van der Waals surface area contributed by atoms with Gasteiger partial charge in [0.05, 0.1) is 18.7 Å². The van der Waals surface area contributed by atoms with Crippen molar-refractivity contribution in [2.75, 3.05) is 52.6 Å². The van der Waals surface area contributed by atoms with Crippen LogP contribution in [-0.2, 0) is 9.47 Å². The third kappa shape index (κ3) is 5.24. The Hall–Kier alpha value is -3.76. The minimum atomic E-state index is -0.314. The highest BCUT2D eigenvalue weighted by atomic mass is 19.1. The van der Waals surface area contributed by atoms with E-state index in [1.165, 1.54) is 18.5 Å². The van der Waals surface area contributed by atoms with Crippen LogP contribution in [0.5, 0.6) is 11.5 Å². The van der Waals surface area contributed by atoms with Crippen LogP contribution in [0.25, 0.3) is 22.2 Å². The maximum Gasteiger partial charge on any atom is 0.233 e. The molecule has 34 heavy (non-hydrogen) atoms. The van der Waals surface area contributed by atoms with Crippen LogP contribution >= 0.6 is 0 Å². The summed E-state index contributed by atoms with van der Waals surface area (Å²) in [6, 6.07) is 11.4. The first-order chi connectivity index (χ1) is 16.6. The minimum absolute atomic E-state index is 0.314. The summed E-state index contributed by atoms with van der Waals surface area (Å²) in [5.74, 6) is 1.82. The molecule has 0 saturated heterocycles. The molecule has 0 aliphatic carbocycles. The molecule has 0 radical (unpaired) electrons. The average Bonchev–Trinajstić information content (AvgIpc) is 3.34. The van der Waals surface area contributed by atoms with E-state index in [1.807, 2.05) is 13.1 Å². The number of aromatic nitrogens is 3. The van der Waals surface area contributed by atoms with Crippen molar-refractivity contribution in [1.29, 1.82) is 0 Å². The summed E-state index contributed by atoms with van der Waals surface area (Å²) in [6.07, 6.45) is 1.47. The molecular weight excluding hydrogens is 443 g/mol. The molecule has 0 spiro atoms. The van der Waals surface area contributed by atoms with Crippen LogP contribution in [0.1, 0.15) is 0 Å². The summed E-state index contributed by atoms with van der Waals surface area (Å²) < 4.78 is 40.7. The molecule has 0 bridgehead atoms. The summed E-state index contributed by atoms with van der Waals surface area (Å²) in [7, 11) is 5.03. The highest BCUT2D eigenvalue weighted by Gasteiger charge is 2.18. The summed E-state index contributed by atoms with van der Waals surface area (Å²) in [5, 5.41) is 4.85. The molecule has 0 saturated carbocycles. The summed E-state index contributed by atoms with van der Waals surface area (Å²) in [4.78, 5) is 10.6. The number of hydrogen-bond acceptors (Lipinski definition) is 9. The van der Waals surface area contributed by atoms with Gasteiger partial charge in [0.1, 0.15) is 36.9 Å². The molecule has 0 atom stereocenters. The summed E-state index contributed by atoms with van der Waals surface area (Å²) in [5.41, 5.74) is 1.99. The first-order valence-electron chi connectivity index (χ1n) is 10.6. The maximum atomic E-state index is 13.3. The van der Waals surface area contributed by atoms with Crippen molar-refractivity contribution in [2.45, 2.75) is 0 Å². The lowest BCUT2D eigenvalue weighted by molar-refractivity contribution is 0.132. The lowest BCUT2D eigenvalue weighted by atomic mass is 10.1. The lowest BCUT2D eigenvalue weighted by Crippen LogP contribution is -2.12. The molecule has 0 fully saturated rings. The molecule has 2 heterocycles. The van der Waals surface area contributed by atoms with E-state index >= 15 is 0 Å². The number of benzene rings is 2. The highest BCUT2D eigenvalue weighted by Crippen LogP contribution is 2.37. The second kappa shape index (κ2) is 10.9. The van der Waals surface area contributed by atoms with Crippen molar-refractivity contribution >= 4 is 22.6 Å². The number of halogens is 1. The van der Waals surface area contributed by atoms with Gasteiger partial charge >= 0.3 is 0 Å². The van der Waals surface area contributed by atoms with Gasteiger partial charge in [-0.05, 0) is 30.3 Å². The molecule has 0 aliphatic heterocycles. The van der Waals surface area contributed by atoms with E-state index < -0.39 is 0 Å². The Labute approximate surface area is 196 Å². The van der Waals surface area contributed by atoms with Crippen molar-refractivity contribution in [3.05, 3.63) is 54.6 Å². The Morgan fingerprint density at radius 2 is 1.56 bits per heavy atom. The maximum absolute atomic E-state index is 13.3. The van der Waals surface area contributed by atoms with Crippen LogP contribution in [-0.4, -0.2) is 62.8 Å². The van der Waals surface area contributed by atoms with E-state index in [0.29, 0.717) is 60.8 Å². The predicted octanol–water partition coefficient (Wildman–Crippen LogP) is 4.24. The predicted molar refractivity (Wildman–Crippen MR) is 124 cm³/mol. The fourth-order valence-electron chi connectivity index (χ4n) is 3.30. The van der Waals surface area contributed by atoms with E-state index in [1.54, 1.807) is 43.4 Å². The van der Waals surface area contributed by atoms with E-state index in [0.717, 1.165) is 10.9 Å². The summed E-state index contributed by atoms with van der Waals surface area (Å²) in [6.45, 7) is 1.59. The molecule has 0 unspecified atom stereocenters. The van der Waals surface area contributed by atoms with Crippen LogP contribution in [0.3, 0.4) is 0 Å². The van der Waals surface area contributed by atoms with Gasteiger partial charge in [-0.2, -0.15) is 0 Å². The van der Waals surface area contributed by atoms with Crippen molar-refractivity contribution in [3.8, 4) is 22.8 Å². The molecule has 2 aromatic carbocycles. The molecule has 4 aromatic rings. The van der Waals surface area contributed by atoms with Gasteiger partial charge in [0, 0.05) is 44.3 Å².